The van der Waals surface area contributed by atoms with Crippen molar-refractivity contribution in [3.05, 3.63) is 271 Å². The first kappa shape index (κ1) is 48.9. The fourth-order valence-electron chi connectivity index (χ4n) is 8.80. The number of rotatable bonds is 7. The largest absolute Gasteiger partial charge is 0.354 e. The minimum Gasteiger partial charge on any atom is -0.354 e. The van der Waals surface area contributed by atoms with Crippen LogP contribution in [0.3, 0.4) is 0 Å². The van der Waals surface area contributed by atoms with Crippen LogP contribution in [0.5, 0.6) is 0 Å². The summed E-state index contributed by atoms with van der Waals surface area (Å²) in [6.07, 6.45) is 0. The van der Waals surface area contributed by atoms with Gasteiger partial charge >= 0.3 is 0 Å². The molecule has 0 saturated heterocycles. The third kappa shape index (κ3) is 11.2. The summed E-state index contributed by atoms with van der Waals surface area (Å²) >= 11 is 7.10. The van der Waals surface area contributed by atoms with E-state index in [1.165, 1.54) is 42.3 Å². The maximum Gasteiger partial charge on any atom is 0.164 e. The first-order chi connectivity index (χ1) is 38.1. The van der Waals surface area contributed by atoms with Crippen molar-refractivity contribution in [3.63, 3.8) is 0 Å². The van der Waals surface area contributed by atoms with Crippen LogP contribution in [0.4, 0.5) is 28.4 Å². The van der Waals surface area contributed by atoms with E-state index in [9.17, 15) is 0 Å². The monoisotopic (exact) mass is 1090 g/mol. The van der Waals surface area contributed by atoms with E-state index in [0.29, 0.717) is 34.9 Å². The molecule has 0 bridgehead atoms. The van der Waals surface area contributed by atoms with Gasteiger partial charge in [-0.15, -0.1) is 0 Å². The van der Waals surface area contributed by atoms with E-state index in [0.717, 1.165) is 43.5 Å². The molecule has 0 spiro atoms. The van der Waals surface area contributed by atoms with Crippen LogP contribution in [0.1, 0.15) is 0 Å². The molecule has 2 aromatic heterocycles. The summed E-state index contributed by atoms with van der Waals surface area (Å²) in [6.45, 7) is 0. The van der Waals surface area contributed by atoms with Crippen LogP contribution in [0.25, 0.3) is 68.3 Å². The summed E-state index contributed by atoms with van der Waals surface area (Å²) < 4.78 is 1.02. The summed E-state index contributed by atoms with van der Waals surface area (Å²) in [5.74, 6) is 3.99. The lowest BCUT2D eigenvalue weighted by molar-refractivity contribution is 1.07. The second-order valence-electron chi connectivity index (χ2n) is 17.7. The molecule has 0 amide bonds. The maximum atomic E-state index is 4.87. The highest BCUT2D eigenvalue weighted by molar-refractivity contribution is 9.10. The molecule has 2 aliphatic heterocycles. The zero-order valence-electron chi connectivity index (χ0n) is 41.2. The summed E-state index contributed by atoms with van der Waals surface area (Å²) in [7, 11) is 0. The molecule has 14 rings (SSSR count). The standard InChI is InChI=1S/C33H22N4S.C21H14BrN3.C12H9NS/c1-3-11-23(12-4-1)31-34-32(24-13-5-2-6-14-24)36-33(35-31)25-19-21-26(22-20-25)37-27-15-7-9-17-29(27)38-30-18-10-8-16-28(30)37;22-18-13-11-17(12-14-18)21-24-19(15-7-3-1-4-8-15)23-20(25-21)16-9-5-2-6-10-16;1-3-7-11-9(5-1)13-10-6-2-4-8-12(10)14-11/h1-22H;1-14H;1-8,13H. The molecule has 1 N–H and O–H groups in total. The average Bonchev–Trinajstić information content (AvgIpc) is 3.55. The number of fused-ring (bicyclic) bond motifs is 4. The molecule has 0 unspecified atom stereocenters. The summed E-state index contributed by atoms with van der Waals surface area (Å²) in [6, 6.07) is 90.4. The third-order valence-electron chi connectivity index (χ3n) is 12.6. The van der Waals surface area contributed by atoms with Crippen molar-refractivity contribution in [1.29, 1.82) is 0 Å². The van der Waals surface area contributed by atoms with E-state index in [1.54, 1.807) is 0 Å². The minimum absolute atomic E-state index is 0.652. The van der Waals surface area contributed by atoms with Crippen molar-refractivity contribution < 1.29 is 0 Å². The molecule has 368 valence electrons. The molecule has 0 radical (unpaired) electrons. The van der Waals surface area contributed by atoms with Crippen LogP contribution in [0.15, 0.2) is 291 Å². The van der Waals surface area contributed by atoms with Crippen molar-refractivity contribution in [1.82, 2.24) is 29.9 Å². The molecule has 0 saturated carbocycles. The fraction of sp³-hybridized carbons (Fsp3) is 0. The number of hydrogen-bond donors (Lipinski definition) is 1. The van der Waals surface area contributed by atoms with Gasteiger partial charge in [0, 0.05) is 63.1 Å². The van der Waals surface area contributed by atoms with Crippen LogP contribution in [-0.4, -0.2) is 29.9 Å². The molecule has 0 atom stereocenters. The number of hydrogen-bond acceptors (Lipinski definition) is 10. The Morgan fingerprint density at radius 1 is 0.273 bits per heavy atom. The van der Waals surface area contributed by atoms with Gasteiger partial charge in [0.1, 0.15) is 0 Å². The van der Waals surface area contributed by atoms with Gasteiger partial charge in [-0.05, 0) is 84.9 Å². The van der Waals surface area contributed by atoms with Crippen LogP contribution >= 0.6 is 39.5 Å². The number of halogens is 1. The summed E-state index contributed by atoms with van der Waals surface area (Å²) in [5, 5.41) is 3.42. The van der Waals surface area contributed by atoms with Gasteiger partial charge in [-0.2, -0.15) is 0 Å². The SMILES string of the molecule is Brc1ccc(-c2nc(-c3ccccc3)nc(-c3ccccc3)n2)cc1.c1ccc(-c2nc(-c3ccccc3)nc(-c3ccc(N4c5ccccc5Sc5ccccc54)cc3)n2)cc1.c1ccc2c(c1)Nc1ccccc1S2. The van der Waals surface area contributed by atoms with Gasteiger partial charge < -0.3 is 10.2 Å². The van der Waals surface area contributed by atoms with E-state index in [2.05, 4.69) is 152 Å². The van der Waals surface area contributed by atoms with Gasteiger partial charge in [-0.3, -0.25) is 0 Å². The highest BCUT2D eigenvalue weighted by Crippen LogP contribution is 2.51. The van der Waals surface area contributed by atoms with Crippen molar-refractivity contribution >= 4 is 67.9 Å². The maximum absolute atomic E-state index is 4.87. The molecule has 11 heteroatoms. The predicted octanol–water partition coefficient (Wildman–Crippen LogP) is 18.3. The number of nitrogens with one attached hydrogen (secondary N) is 1. The van der Waals surface area contributed by atoms with Gasteiger partial charge in [0.05, 0.1) is 22.7 Å². The van der Waals surface area contributed by atoms with Gasteiger partial charge in [0.2, 0.25) is 0 Å². The number of aromatic nitrogens is 6. The third-order valence-corrected chi connectivity index (χ3v) is 15.4. The Hall–Kier alpha value is -9.00. The normalized spacial score (nSPS) is 11.7. The van der Waals surface area contributed by atoms with Crippen molar-refractivity contribution in [2.24, 2.45) is 0 Å². The second kappa shape index (κ2) is 22.9. The highest BCUT2D eigenvalue weighted by Gasteiger charge is 2.25. The van der Waals surface area contributed by atoms with Crippen LogP contribution in [0, 0.1) is 0 Å². The van der Waals surface area contributed by atoms with E-state index >= 15 is 0 Å². The van der Waals surface area contributed by atoms with Crippen molar-refractivity contribution in [2.75, 3.05) is 10.2 Å². The zero-order valence-corrected chi connectivity index (χ0v) is 44.4. The molecule has 0 fully saturated rings. The van der Waals surface area contributed by atoms with Gasteiger partial charge in [0.25, 0.3) is 0 Å². The van der Waals surface area contributed by atoms with E-state index in [4.69, 9.17) is 24.9 Å². The Bertz CT molecular complexity index is 3720. The Balaban J connectivity index is 0.000000130. The smallest absolute Gasteiger partial charge is 0.164 e. The van der Waals surface area contributed by atoms with Gasteiger partial charge in [0.15, 0.2) is 34.9 Å². The fourth-order valence-corrected chi connectivity index (χ4v) is 11.1. The van der Waals surface area contributed by atoms with Crippen LogP contribution < -0.4 is 10.2 Å². The van der Waals surface area contributed by atoms with Crippen molar-refractivity contribution in [2.45, 2.75) is 19.6 Å². The lowest BCUT2D eigenvalue weighted by atomic mass is 10.1. The van der Waals surface area contributed by atoms with Gasteiger partial charge in [-0.1, -0.05) is 221 Å². The molecular formula is C66H45BrN8S2. The number of para-hydroxylation sites is 4. The van der Waals surface area contributed by atoms with E-state index < -0.39 is 0 Å². The van der Waals surface area contributed by atoms with Gasteiger partial charge in [-0.25, -0.2) is 29.9 Å². The number of nitrogens with zero attached hydrogens (tertiary/aromatic N) is 7. The minimum atomic E-state index is 0.652. The summed E-state index contributed by atoms with van der Waals surface area (Å²) in [5.41, 5.74) is 11.6. The quantitative estimate of drug-likeness (QED) is 0.166. The molecule has 2 aliphatic rings. The molecule has 77 heavy (non-hydrogen) atoms. The van der Waals surface area contributed by atoms with Crippen LogP contribution in [-0.2, 0) is 0 Å². The van der Waals surface area contributed by atoms with Crippen LogP contribution in [0.2, 0.25) is 0 Å². The Morgan fingerprint density at radius 3 is 0.909 bits per heavy atom. The molecule has 10 aromatic carbocycles. The van der Waals surface area contributed by atoms with E-state index in [-0.39, 0.29) is 0 Å². The molecule has 8 nitrogen and oxygen atoms in total. The summed E-state index contributed by atoms with van der Waals surface area (Å²) in [4.78, 5) is 36.0. The zero-order chi connectivity index (χ0) is 51.8. The predicted molar refractivity (Wildman–Crippen MR) is 319 cm³/mol. The molecule has 0 aliphatic carbocycles. The average molecular weight is 1090 g/mol. The van der Waals surface area contributed by atoms with E-state index in [1.807, 2.05) is 169 Å². The highest BCUT2D eigenvalue weighted by atomic mass is 79.9. The lowest BCUT2D eigenvalue weighted by Crippen LogP contribution is -2.14. The van der Waals surface area contributed by atoms with Crippen molar-refractivity contribution in [3.8, 4) is 68.3 Å². The second-order valence-corrected chi connectivity index (χ2v) is 20.8. The Labute approximate surface area is 464 Å². The molecular weight excluding hydrogens is 1050 g/mol. The topological polar surface area (TPSA) is 92.6 Å². The number of anilines is 5. The first-order valence-electron chi connectivity index (χ1n) is 25.0. The first-order valence-corrected chi connectivity index (χ1v) is 27.4. The Morgan fingerprint density at radius 2 is 0.545 bits per heavy atom. The molecule has 12 aromatic rings. The number of benzene rings is 10. The lowest BCUT2D eigenvalue weighted by Gasteiger charge is -2.32. The molecule has 4 heterocycles. The Kier molecular flexibility index (Phi) is 14.5.